The zero-order chi connectivity index (χ0) is 12.1. The Balaban J connectivity index is 2.44. The molecule has 5 heteroatoms. The average Bonchev–Trinajstić information content (AvgIpc) is 2.28. The molecule has 3 amide bonds. The van der Waals surface area contributed by atoms with E-state index in [0.717, 1.165) is 25.9 Å². The second-order valence-corrected chi connectivity index (χ2v) is 4.93. The van der Waals surface area contributed by atoms with E-state index in [1.807, 2.05) is 0 Å². The Kier molecular flexibility index (Phi) is 5.06. The molecule has 92 valence electrons. The third kappa shape index (κ3) is 3.67. The van der Waals surface area contributed by atoms with Crippen molar-refractivity contribution in [3.8, 4) is 0 Å². The molecule has 0 radical (unpaired) electrons. The highest BCUT2D eigenvalue weighted by Gasteiger charge is 2.24. The molecule has 0 saturated carbocycles. The molecule has 16 heavy (non-hydrogen) atoms. The lowest BCUT2D eigenvalue weighted by Gasteiger charge is -2.32. The van der Waals surface area contributed by atoms with E-state index in [4.69, 9.17) is 11.6 Å². The second-order valence-electron chi connectivity index (χ2n) is 4.27. The number of alkyl halides is 1. The summed E-state index contributed by atoms with van der Waals surface area (Å²) < 4.78 is 0. The first-order chi connectivity index (χ1) is 7.54. The maximum Gasteiger partial charge on any atom is 0.324 e. The van der Waals surface area contributed by atoms with Crippen molar-refractivity contribution in [2.24, 2.45) is 5.92 Å². The molecule has 1 heterocycles. The predicted molar refractivity (Wildman–Crippen MR) is 63.4 cm³/mol. The molecular formula is C11H19ClN2O2. The van der Waals surface area contributed by atoms with E-state index >= 15 is 0 Å². The van der Waals surface area contributed by atoms with Crippen molar-refractivity contribution in [1.29, 1.82) is 0 Å². The van der Waals surface area contributed by atoms with Crippen molar-refractivity contribution >= 4 is 23.5 Å². The van der Waals surface area contributed by atoms with Gasteiger partial charge >= 0.3 is 6.03 Å². The third-order valence-electron chi connectivity index (χ3n) is 2.97. The molecule has 2 unspecified atom stereocenters. The number of carbonyl (C=O) groups excluding carboxylic acids is 2. The van der Waals surface area contributed by atoms with Crippen molar-refractivity contribution in [1.82, 2.24) is 10.2 Å². The van der Waals surface area contributed by atoms with Crippen LogP contribution in [0, 0.1) is 5.92 Å². The van der Waals surface area contributed by atoms with Crippen molar-refractivity contribution in [3.63, 3.8) is 0 Å². The SMILES string of the molecule is CCC1CCCN(C(=O)NC(=O)C(C)Cl)C1. The van der Waals surface area contributed by atoms with Crippen LogP contribution in [0.25, 0.3) is 0 Å². The van der Waals surface area contributed by atoms with Gasteiger partial charge in [-0.25, -0.2) is 4.79 Å². The molecule has 1 rings (SSSR count). The van der Waals surface area contributed by atoms with E-state index in [2.05, 4.69) is 12.2 Å². The normalized spacial score (nSPS) is 22.7. The molecule has 1 saturated heterocycles. The van der Waals surface area contributed by atoms with Crippen molar-refractivity contribution in [3.05, 3.63) is 0 Å². The minimum absolute atomic E-state index is 0.310. The standard InChI is InChI=1S/C11H19ClN2O2/c1-3-9-5-4-6-14(7-9)11(16)13-10(15)8(2)12/h8-9H,3-7H2,1-2H3,(H,13,15,16). The van der Waals surface area contributed by atoms with Gasteiger partial charge in [-0.1, -0.05) is 13.3 Å². The van der Waals surface area contributed by atoms with E-state index in [-0.39, 0.29) is 6.03 Å². The zero-order valence-electron chi connectivity index (χ0n) is 9.83. The summed E-state index contributed by atoms with van der Waals surface area (Å²) in [5, 5.41) is 1.64. The number of carbonyl (C=O) groups is 2. The van der Waals surface area contributed by atoms with Crippen LogP contribution in [0.2, 0.25) is 0 Å². The van der Waals surface area contributed by atoms with Crippen LogP contribution in [-0.2, 0) is 4.79 Å². The number of amides is 3. The summed E-state index contributed by atoms with van der Waals surface area (Å²) in [6.07, 6.45) is 3.25. The van der Waals surface area contributed by atoms with Crippen molar-refractivity contribution < 1.29 is 9.59 Å². The van der Waals surface area contributed by atoms with E-state index < -0.39 is 11.3 Å². The van der Waals surface area contributed by atoms with E-state index in [9.17, 15) is 9.59 Å². The Morgan fingerprint density at radius 1 is 1.56 bits per heavy atom. The van der Waals surface area contributed by atoms with Gasteiger partial charge < -0.3 is 4.90 Å². The molecule has 1 aliphatic heterocycles. The number of urea groups is 1. The Hall–Kier alpha value is -0.770. The van der Waals surface area contributed by atoms with Crippen LogP contribution in [0.15, 0.2) is 0 Å². The maximum absolute atomic E-state index is 11.7. The molecule has 1 aliphatic rings. The highest BCUT2D eigenvalue weighted by Crippen LogP contribution is 2.18. The van der Waals surface area contributed by atoms with Gasteiger partial charge in [-0.15, -0.1) is 11.6 Å². The molecule has 0 aromatic heterocycles. The van der Waals surface area contributed by atoms with Crippen LogP contribution < -0.4 is 5.32 Å². The van der Waals surface area contributed by atoms with Crippen LogP contribution in [0.4, 0.5) is 4.79 Å². The van der Waals surface area contributed by atoms with Gasteiger partial charge in [0, 0.05) is 13.1 Å². The third-order valence-corrected chi connectivity index (χ3v) is 3.17. The number of rotatable bonds is 2. The monoisotopic (exact) mass is 246 g/mol. The lowest BCUT2D eigenvalue weighted by atomic mass is 9.96. The van der Waals surface area contributed by atoms with Gasteiger partial charge in [0.05, 0.1) is 0 Å². The molecule has 0 spiro atoms. The number of imide groups is 1. The van der Waals surface area contributed by atoms with Gasteiger partial charge in [-0.3, -0.25) is 10.1 Å². The Bertz CT molecular complexity index is 269. The lowest BCUT2D eigenvalue weighted by Crippen LogP contribution is -2.48. The quantitative estimate of drug-likeness (QED) is 0.758. The number of likely N-dealkylation sites (tertiary alicyclic amines) is 1. The van der Waals surface area contributed by atoms with E-state index in [1.165, 1.54) is 6.42 Å². The molecule has 0 bridgehead atoms. The summed E-state index contributed by atoms with van der Waals surface area (Å²) in [5.74, 6) is 0.133. The smallest absolute Gasteiger partial charge is 0.324 e. The molecule has 0 aliphatic carbocycles. The molecular weight excluding hydrogens is 228 g/mol. The Labute approximate surface area is 101 Å². The zero-order valence-corrected chi connectivity index (χ0v) is 10.6. The molecule has 1 fully saturated rings. The van der Waals surface area contributed by atoms with E-state index in [1.54, 1.807) is 11.8 Å². The largest absolute Gasteiger partial charge is 0.324 e. The minimum atomic E-state index is -0.671. The summed E-state index contributed by atoms with van der Waals surface area (Å²) >= 11 is 5.58. The summed E-state index contributed by atoms with van der Waals surface area (Å²) in [4.78, 5) is 24.7. The van der Waals surface area contributed by atoms with Crippen LogP contribution >= 0.6 is 11.6 Å². The Morgan fingerprint density at radius 3 is 2.81 bits per heavy atom. The fourth-order valence-corrected chi connectivity index (χ4v) is 1.92. The number of nitrogens with one attached hydrogen (secondary N) is 1. The Morgan fingerprint density at radius 2 is 2.25 bits per heavy atom. The van der Waals surface area contributed by atoms with Gasteiger partial charge in [0.25, 0.3) is 0 Å². The van der Waals surface area contributed by atoms with Gasteiger partial charge in [0.2, 0.25) is 5.91 Å². The van der Waals surface area contributed by atoms with Gasteiger partial charge in [-0.05, 0) is 25.7 Å². The minimum Gasteiger partial charge on any atom is -0.324 e. The summed E-state index contributed by atoms with van der Waals surface area (Å²) in [6.45, 7) is 5.14. The second kappa shape index (κ2) is 6.09. The number of piperidine rings is 1. The van der Waals surface area contributed by atoms with Crippen molar-refractivity contribution in [2.75, 3.05) is 13.1 Å². The van der Waals surface area contributed by atoms with E-state index in [0.29, 0.717) is 5.92 Å². The number of hydrogen-bond acceptors (Lipinski definition) is 2. The number of nitrogens with zero attached hydrogens (tertiary/aromatic N) is 1. The fraction of sp³-hybridized carbons (Fsp3) is 0.818. The number of hydrogen-bond donors (Lipinski definition) is 1. The first-order valence-corrected chi connectivity index (χ1v) is 6.22. The van der Waals surface area contributed by atoms with Gasteiger partial charge in [-0.2, -0.15) is 0 Å². The molecule has 4 nitrogen and oxygen atoms in total. The fourth-order valence-electron chi connectivity index (χ4n) is 1.87. The molecule has 1 N–H and O–H groups in total. The van der Waals surface area contributed by atoms with Crippen molar-refractivity contribution in [2.45, 2.75) is 38.5 Å². The molecule has 0 aromatic rings. The predicted octanol–water partition coefficient (Wildman–Crippen LogP) is 1.97. The molecule has 2 atom stereocenters. The number of halogens is 1. The maximum atomic E-state index is 11.7. The molecule has 0 aromatic carbocycles. The average molecular weight is 247 g/mol. The van der Waals surface area contributed by atoms with Gasteiger partial charge in [0.1, 0.15) is 5.38 Å². The van der Waals surface area contributed by atoms with Crippen LogP contribution in [0.5, 0.6) is 0 Å². The van der Waals surface area contributed by atoms with Gasteiger partial charge in [0.15, 0.2) is 0 Å². The van der Waals surface area contributed by atoms with Crippen LogP contribution in [0.3, 0.4) is 0 Å². The summed E-state index contributed by atoms with van der Waals surface area (Å²) in [5.41, 5.74) is 0. The highest BCUT2D eigenvalue weighted by atomic mass is 35.5. The first-order valence-electron chi connectivity index (χ1n) is 5.78. The van der Waals surface area contributed by atoms with Crippen LogP contribution in [-0.4, -0.2) is 35.3 Å². The first kappa shape index (κ1) is 13.3. The summed E-state index contributed by atoms with van der Waals surface area (Å²) in [6, 6.07) is -0.310. The van der Waals surface area contributed by atoms with Crippen LogP contribution in [0.1, 0.15) is 33.1 Å². The lowest BCUT2D eigenvalue weighted by molar-refractivity contribution is -0.119. The highest BCUT2D eigenvalue weighted by molar-refractivity contribution is 6.31. The summed E-state index contributed by atoms with van der Waals surface area (Å²) in [7, 11) is 0. The topological polar surface area (TPSA) is 49.4 Å².